The van der Waals surface area contributed by atoms with Gasteiger partial charge < -0.3 is 15.5 Å². The van der Waals surface area contributed by atoms with Crippen molar-refractivity contribution in [3.63, 3.8) is 0 Å². The first-order chi connectivity index (χ1) is 8.72. The monoisotopic (exact) mass is 268 g/mol. The molecule has 0 amide bonds. The molecule has 5 heteroatoms. The average Bonchev–Trinajstić information content (AvgIpc) is 2.41. The Hall–Kier alpha value is -0.780. The summed E-state index contributed by atoms with van der Waals surface area (Å²) in [5.74, 6) is 2.58. The highest BCUT2D eigenvalue weighted by Gasteiger charge is 2.16. The minimum Gasteiger partial charge on any atom is -0.506 e. The van der Waals surface area contributed by atoms with E-state index >= 15 is 0 Å². The Labute approximate surface area is 112 Å². The van der Waals surface area contributed by atoms with Crippen LogP contribution in [0.3, 0.4) is 0 Å². The zero-order chi connectivity index (χ0) is 13.0. The van der Waals surface area contributed by atoms with E-state index in [0.717, 1.165) is 11.3 Å². The maximum absolute atomic E-state index is 10.0. The number of aliphatic hydroxyl groups excluding tert-OH is 1. The Morgan fingerprint density at radius 2 is 2.39 bits per heavy atom. The molecule has 2 heterocycles. The minimum atomic E-state index is -0.0860. The van der Waals surface area contributed by atoms with Crippen LogP contribution in [0.25, 0.3) is 0 Å². The largest absolute Gasteiger partial charge is 0.506 e. The highest BCUT2D eigenvalue weighted by molar-refractivity contribution is 7.99. The molecular formula is C13H20N2O2S. The predicted molar refractivity (Wildman–Crippen MR) is 73.7 cm³/mol. The van der Waals surface area contributed by atoms with E-state index in [0.29, 0.717) is 23.8 Å². The number of aliphatic hydroxyl groups is 1. The number of pyridine rings is 1. The van der Waals surface area contributed by atoms with Gasteiger partial charge in [-0.2, -0.15) is 11.8 Å². The molecule has 1 atom stereocenters. The summed E-state index contributed by atoms with van der Waals surface area (Å²) in [6.07, 6.45) is 4.07. The standard InChI is InChI=1S/C13H20N2O2S/c1-9-13(17)12(10(7-16)5-14-9)6-15-11-3-2-4-18-8-11/h5,11,15-17H,2-4,6-8H2,1H3. The fourth-order valence-electron chi connectivity index (χ4n) is 2.17. The molecule has 1 fully saturated rings. The summed E-state index contributed by atoms with van der Waals surface area (Å²) in [5, 5.41) is 22.8. The number of aryl methyl sites for hydroxylation is 1. The fraction of sp³-hybridized carbons (Fsp3) is 0.615. The van der Waals surface area contributed by atoms with Gasteiger partial charge in [-0.05, 0) is 25.5 Å². The van der Waals surface area contributed by atoms with Crippen LogP contribution in [0.4, 0.5) is 0 Å². The molecule has 0 saturated carbocycles. The van der Waals surface area contributed by atoms with Crippen molar-refractivity contribution in [2.75, 3.05) is 11.5 Å². The van der Waals surface area contributed by atoms with Crippen LogP contribution in [0.2, 0.25) is 0 Å². The summed E-state index contributed by atoms with van der Waals surface area (Å²) in [6, 6.07) is 0.503. The minimum absolute atomic E-state index is 0.0860. The van der Waals surface area contributed by atoms with Gasteiger partial charge in [0.15, 0.2) is 0 Å². The topological polar surface area (TPSA) is 65.4 Å². The molecule has 1 aliphatic heterocycles. The van der Waals surface area contributed by atoms with E-state index < -0.39 is 0 Å². The van der Waals surface area contributed by atoms with Gasteiger partial charge in [-0.3, -0.25) is 4.98 Å². The Morgan fingerprint density at radius 1 is 1.56 bits per heavy atom. The van der Waals surface area contributed by atoms with Crippen molar-refractivity contribution in [2.45, 2.75) is 39.0 Å². The number of hydrogen-bond donors (Lipinski definition) is 3. The van der Waals surface area contributed by atoms with Crippen molar-refractivity contribution in [1.82, 2.24) is 10.3 Å². The number of nitrogens with one attached hydrogen (secondary N) is 1. The van der Waals surface area contributed by atoms with Gasteiger partial charge in [-0.25, -0.2) is 0 Å². The van der Waals surface area contributed by atoms with Crippen LogP contribution in [0.15, 0.2) is 6.20 Å². The van der Waals surface area contributed by atoms with Crippen molar-refractivity contribution in [3.05, 3.63) is 23.0 Å². The average molecular weight is 268 g/mol. The summed E-state index contributed by atoms with van der Waals surface area (Å²) < 4.78 is 0. The highest BCUT2D eigenvalue weighted by Crippen LogP contribution is 2.24. The lowest BCUT2D eigenvalue weighted by Crippen LogP contribution is -2.33. The number of thioether (sulfide) groups is 1. The van der Waals surface area contributed by atoms with Crippen molar-refractivity contribution in [1.29, 1.82) is 0 Å². The van der Waals surface area contributed by atoms with Crippen LogP contribution >= 0.6 is 11.8 Å². The first-order valence-corrected chi connectivity index (χ1v) is 7.46. The van der Waals surface area contributed by atoms with E-state index in [1.54, 1.807) is 13.1 Å². The molecule has 0 radical (unpaired) electrons. The third-order valence-corrected chi connectivity index (χ3v) is 4.54. The van der Waals surface area contributed by atoms with Gasteiger partial charge >= 0.3 is 0 Å². The fourth-order valence-corrected chi connectivity index (χ4v) is 3.27. The lowest BCUT2D eigenvalue weighted by atomic mass is 10.1. The van der Waals surface area contributed by atoms with Crippen LogP contribution in [-0.4, -0.2) is 32.7 Å². The summed E-state index contributed by atoms with van der Waals surface area (Å²) in [5.41, 5.74) is 2.09. The Morgan fingerprint density at radius 3 is 3.06 bits per heavy atom. The lowest BCUT2D eigenvalue weighted by Gasteiger charge is -2.23. The van der Waals surface area contributed by atoms with Crippen LogP contribution in [0.5, 0.6) is 5.75 Å². The first kappa shape index (κ1) is 13.6. The SMILES string of the molecule is Cc1ncc(CO)c(CNC2CCCSC2)c1O. The van der Waals surface area contributed by atoms with Gasteiger partial charge in [-0.15, -0.1) is 0 Å². The lowest BCUT2D eigenvalue weighted by molar-refractivity contribution is 0.278. The van der Waals surface area contributed by atoms with E-state index in [9.17, 15) is 10.2 Å². The Kier molecular flexibility index (Phi) is 4.86. The predicted octanol–water partition coefficient (Wildman–Crippen LogP) is 1.57. The zero-order valence-corrected chi connectivity index (χ0v) is 11.5. The van der Waals surface area contributed by atoms with Gasteiger partial charge in [0.05, 0.1) is 12.3 Å². The second kappa shape index (κ2) is 6.41. The number of aromatic nitrogens is 1. The van der Waals surface area contributed by atoms with E-state index in [2.05, 4.69) is 10.3 Å². The number of nitrogens with zero attached hydrogens (tertiary/aromatic N) is 1. The van der Waals surface area contributed by atoms with Crippen molar-refractivity contribution in [2.24, 2.45) is 0 Å². The molecule has 100 valence electrons. The number of aromatic hydroxyl groups is 1. The molecule has 1 aromatic rings. The third-order valence-electron chi connectivity index (χ3n) is 3.33. The molecule has 0 aliphatic carbocycles. The molecule has 0 bridgehead atoms. The molecule has 2 rings (SSSR count). The van der Waals surface area contributed by atoms with Crippen LogP contribution in [0, 0.1) is 6.92 Å². The molecule has 18 heavy (non-hydrogen) atoms. The summed E-state index contributed by atoms with van der Waals surface area (Å²) >= 11 is 1.97. The second-order valence-electron chi connectivity index (χ2n) is 4.65. The molecule has 1 aliphatic rings. The third kappa shape index (κ3) is 3.16. The first-order valence-electron chi connectivity index (χ1n) is 6.30. The number of hydrogen-bond acceptors (Lipinski definition) is 5. The molecule has 1 saturated heterocycles. The van der Waals surface area contributed by atoms with Crippen molar-refractivity contribution in [3.8, 4) is 5.75 Å². The molecule has 1 unspecified atom stereocenters. The van der Waals surface area contributed by atoms with Crippen LogP contribution in [-0.2, 0) is 13.2 Å². The van der Waals surface area contributed by atoms with E-state index in [-0.39, 0.29) is 12.4 Å². The Bertz CT molecular complexity index is 406. The van der Waals surface area contributed by atoms with Gasteiger partial charge in [0.2, 0.25) is 0 Å². The molecule has 3 N–H and O–H groups in total. The van der Waals surface area contributed by atoms with Gasteiger partial charge in [0.1, 0.15) is 5.75 Å². The normalized spacial score (nSPS) is 20.0. The van der Waals surface area contributed by atoms with Crippen molar-refractivity contribution < 1.29 is 10.2 Å². The molecule has 1 aromatic heterocycles. The van der Waals surface area contributed by atoms with Gasteiger partial charge in [0.25, 0.3) is 0 Å². The molecule has 0 spiro atoms. The maximum atomic E-state index is 10.0. The smallest absolute Gasteiger partial charge is 0.141 e. The van der Waals surface area contributed by atoms with E-state index in [1.807, 2.05) is 11.8 Å². The summed E-state index contributed by atoms with van der Waals surface area (Å²) in [4.78, 5) is 4.06. The second-order valence-corrected chi connectivity index (χ2v) is 5.80. The summed E-state index contributed by atoms with van der Waals surface area (Å²) in [6.45, 7) is 2.28. The van der Waals surface area contributed by atoms with Crippen molar-refractivity contribution >= 4 is 11.8 Å². The maximum Gasteiger partial charge on any atom is 0.141 e. The molecule has 0 aromatic carbocycles. The highest BCUT2D eigenvalue weighted by atomic mass is 32.2. The molecule has 4 nitrogen and oxygen atoms in total. The zero-order valence-electron chi connectivity index (χ0n) is 10.6. The van der Waals surface area contributed by atoms with Gasteiger partial charge in [-0.1, -0.05) is 0 Å². The number of rotatable bonds is 4. The Balaban J connectivity index is 2.05. The van der Waals surface area contributed by atoms with E-state index in [1.165, 1.54) is 18.6 Å². The van der Waals surface area contributed by atoms with Gasteiger partial charge in [0, 0.05) is 35.7 Å². The summed E-state index contributed by atoms with van der Waals surface area (Å²) in [7, 11) is 0. The van der Waals surface area contributed by atoms with E-state index in [4.69, 9.17) is 0 Å². The molecular weight excluding hydrogens is 248 g/mol. The quantitative estimate of drug-likeness (QED) is 0.773. The van der Waals surface area contributed by atoms with Crippen LogP contribution < -0.4 is 5.32 Å². The van der Waals surface area contributed by atoms with Crippen LogP contribution in [0.1, 0.15) is 29.7 Å².